The lowest BCUT2D eigenvalue weighted by molar-refractivity contribution is -0.139. The van der Waals surface area contributed by atoms with Crippen LogP contribution in [0.1, 0.15) is 29.8 Å². The number of hydrogen-bond acceptors (Lipinski definition) is 3. The van der Waals surface area contributed by atoms with Crippen molar-refractivity contribution in [2.75, 3.05) is 6.61 Å². The fourth-order valence-corrected chi connectivity index (χ4v) is 1.22. The Morgan fingerprint density at radius 2 is 1.94 bits per heavy atom. The number of aldehydes is 1. The molecule has 0 atom stereocenters. The van der Waals surface area contributed by atoms with Gasteiger partial charge in [0.2, 0.25) is 0 Å². The fraction of sp³-hybridized carbons (Fsp3) is 0.417. The molecule has 0 saturated carbocycles. The van der Waals surface area contributed by atoms with Gasteiger partial charge >= 0.3 is 6.18 Å². The van der Waals surface area contributed by atoms with Crippen LogP contribution in [-0.4, -0.2) is 23.6 Å². The first-order chi connectivity index (χ1) is 8.13. The van der Waals surface area contributed by atoms with E-state index in [1.54, 1.807) is 0 Å². The van der Waals surface area contributed by atoms with Gasteiger partial charge in [-0.2, -0.15) is 13.2 Å². The summed E-state index contributed by atoms with van der Waals surface area (Å²) in [6.07, 6.45) is -4.29. The van der Waals surface area contributed by atoms with E-state index in [-0.39, 0.29) is 12.2 Å². The van der Waals surface area contributed by atoms with Gasteiger partial charge in [0.05, 0.1) is 11.2 Å². The minimum atomic E-state index is -4.62. The first kappa shape index (κ1) is 14.5. The molecule has 0 unspecified atom stereocenters. The van der Waals surface area contributed by atoms with Crippen molar-refractivity contribution in [3.05, 3.63) is 29.3 Å². The molecule has 1 aromatic rings. The van der Waals surface area contributed by atoms with Gasteiger partial charge in [0.15, 0.2) is 0 Å². The number of alkyl halides is 3. The van der Waals surface area contributed by atoms with Crippen LogP contribution >= 0.6 is 0 Å². The summed E-state index contributed by atoms with van der Waals surface area (Å²) in [5, 5.41) is 9.41. The summed E-state index contributed by atoms with van der Waals surface area (Å²) in [4.78, 5) is 10.5. The number of carbonyl (C=O) groups excluding carboxylic acids is 1. The molecule has 3 nitrogen and oxygen atoms in total. The standard InChI is InChI=1S/C12H13F3O3/c1-11(2,17)7-18-10-4-3-8(6-16)5-9(10)12(13,14)15/h3-6,17H,7H2,1-2H3. The van der Waals surface area contributed by atoms with Crippen molar-refractivity contribution in [1.29, 1.82) is 0 Å². The van der Waals surface area contributed by atoms with Crippen molar-refractivity contribution >= 4 is 6.29 Å². The molecule has 0 saturated heterocycles. The second-order valence-electron chi connectivity index (χ2n) is 4.47. The van der Waals surface area contributed by atoms with Gasteiger partial charge in [-0.1, -0.05) is 0 Å². The Labute approximate surface area is 102 Å². The first-order valence-electron chi connectivity index (χ1n) is 5.15. The Morgan fingerprint density at radius 3 is 2.39 bits per heavy atom. The van der Waals surface area contributed by atoms with E-state index < -0.39 is 23.1 Å². The summed E-state index contributed by atoms with van der Waals surface area (Å²) in [5.41, 5.74) is -2.36. The Morgan fingerprint density at radius 1 is 1.33 bits per heavy atom. The van der Waals surface area contributed by atoms with E-state index in [4.69, 9.17) is 4.74 Å². The number of aliphatic hydroxyl groups is 1. The van der Waals surface area contributed by atoms with Crippen LogP contribution in [0.2, 0.25) is 0 Å². The third kappa shape index (κ3) is 4.03. The van der Waals surface area contributed by atoms with Crippen LogP contribution in [-0.2, 0) is 6.18 Å². The third-order valence-electron chi connectivity index (χ3n) is 2.03. The summed E-state index contributed by atoms with van der Waals surface area (Å²) in [6.45, 7) is 2.55. The van der Waals surface area contributed by atoms with Crippen molar-refractivity contribution in [3.63, 3.8) is 0 Å². The number of halogens is 3. The van der Waals surface area contributed by atoms with Gasteiger partial charge in [0.1, 0.15) is 18.6 Å². The zero-order chi connectivity index (χ0) is 14.0. The zero-order valence-corrected chi connectivity index (χ0v) is 9.91. The zero-order valence-electron chi connectivity index (χ0n) is 9.91. The van der Waals surface area contributed by atoms with Crippen LogP contribution < -0.4 is 4.74 Å². The number of carbonyl (C=O) groups is 1. The molecule has 0 spiro atoms. The van der Waals surface area contributed by atoms with E-state index in [1.807, 2.05) is 0 Å². The fourth-order valence-electron chi connectivity index (χ4n) is 1.22. The normalized spacial score (nSPS) is 12.3. The number of hydrogen-bond donors (Lipinski definition) is 1. The lowest BCUT2D eigenvalue weighted by Gasteiger charge is -2.20. The molecule has 1 N–H and O–H groups in total. The second kappa shape index (κ2) is 4.97. The maximum atomic E-state index is 12.7. The summed E-state index contributed by atoms with van der Waals surface area (Å²) in [7, 11) is 0. The average molecular weight is 262 g/mol. The Balaban J connectivity index is 3.07. The largest absolute Gasteiger partial charge is 0.490 e. The van der Waals surface area contributed by atoms with Crippen molar-refractivity contribution in [2.24, 2.45) is 0 Å². The van der Waals surface area contributed by atoms with E-state index in [0.717, 1.165) is 6.07 Å². The van der Waals surface area contributed by atoms with E-state index in [2.05, 4.69) is 0 Å². The van der Waals surface area contributed by atoms with Crippen molar-refractivity contribution in [2.45, 2.75) is 25.6 Å². The highest BCUT2D eigenvalue weighted by Gasteiger charge is 2.35. The van der Waals surface area contributed by atoms with Gasteiger partial charge < -0.3 is 9.84 Å². The molecule has 6 heteroatoms. The van der Waals surface area contributed by atoms with Crippen LogP contribution in [0.3, 0.4) is 0 Å². The number of ether oxygens (including phenoxy) is 1. The van der Waals surface area contributed by atoms with Crippen LogP contribution in [0.25, 0.3) is 0 Å². The molecule has 0 bridgehead atoms. The minimum absolute atomic E-state index is 0.0852. The molecule has 0 heterocycles. The summed E-state index contributed by atoms with van der Waals surface area (Å²) >= 11 is 0. The Hall–Kier alpha value is -1.56. The van der Waals surface area contributed by atoms with Crippen LogP contribution in [0.4, 0.5) is 13.2 Å². The van der Waals surface area contributed by atoms with Gasteiger partial charge in [0.25, 0.3) is 0 Å². The van der Waals surface area contributed by atoms with Crippen molar-refractivity contribution < 1.29 is 27.8 Å². The highest BCUT2D eigenvalue weighted by molar-refractivity contribution is 5.75. The topological polar surface area (TPSA) is 46.5 Å². The molecule has 100 valence electrons. The SMILES string of the molecule is CC(C)(O)COc1ccc(C=O)cc1C(F)(F)F. The van der Waals surface area contributed by atoms with Gasteiger partial charge in [-0.25, -0.2) is 0 Å². The highest BCUT2D eigenvalue weighted by Crippen LogP contribution is 2.36. The molecule has 0 amide bonds. The van der Waals surface area contributed by atoms with Gasteiger partial charge in [0, 0.05) is 5.56 Å². The van der Waals surface area contributed by atoms with E-state index in [0.29, 0.717) is 12.4 Å². The quantitative estimate of drug-likeness (QED) is 0.848. The smallest absolute Gasteiger partial charge is 0.419 e. The molecule has 0 fully saturated rings. The van der Waals surface area contributed by atoms with E-state index in [9.17, 15) is 23.1 Å². The van der Waals surface area contributed by atoms with E-state index in [1.165, 1.54) is 19.9 Å². The second-order valence-corrected chi connectivity index (χ2v) is 4.47. The Bertz CT molecular complexity index is 433. The third-order valence-corrected chi connectivity index (χ3v) is 2.03. The molecular weight excluding hydrogens is 249 g/mol. The first-order valence-corrected chi connectivity index (χ1v) is 5.15. The summed E-state index contributed by atoms with van der Waals surface area (Å²) in [6, 6.07) is 3.01. The van der Waals surface area contributed by atoms with Crippen molar-refractivity contribution in [3.8, 4) is 5.75 Å². The maximum Gasteiger partial charge on any atom is 0.419 e. The van der Waals surface area contributed by atoms with Crippen LogP contribution in [0.15, 0.2) is 18.2 Å². The molecule has 1 rings (SSSR count). The monoisotopic (exact) mass is 262 g/mol. The summed E-state index contributed by atoms with van der Waals surface area (Å²) < 4.78 is 43.1. The molecule has 18 heavy (non-hydrogen) atoms. The number of benzene rings is 1. The predicted octanol–water partition coefficient (Wildman–Crippen LogP) is 2.67. The van der Waals surface area contributed by atoms with E-state index >= 15 is 0 Å². The molecule has 0 aliphatic carbocycles. The molecule has 1 aromatic carbocycles. The van der Waals surface area contributed by atoms with Crippen LogP contribution in [0.5, 0.6) is 5.75 Å². The van der Waals surface area contributed by atoms with Crippen LogP contribution in [0, 0.1) is 0 Å². The Kier molecular flexibility index (Phi) is 4.01. The highest BCUT2D eigenvalue weighted by atomic mass is 19.4. The van der Waals surface area contributed by atoms with Gasteiger partial charge in [-0.05, 0) is 32.0 Å². The molecule has 0 aliphatic rings. The minimum Gasteiger partial charge on any atom is -0.490 e. The molecular formula is C12H13F3O3. The van der Waals surface area contributed by atoms with Gasteiger partial charge in [-0.3, -0.25) is 4.79 Å². The predicted molar refractivity (Wildman–Crippen MR) is 58.6 cm³/mol. The molecule has 0 aliphatic heterocycles. The average Bonchev–Trinajstić information content (AvgIpc) is 2.24. The molecule has 0 aromatic heterocycles. The molecule has 0 radical (unpaired) electrons. The van der Waals surface area contributed by atoms with Crippen molar-refractivity contribution in [1.82, 2.24) is 0 Å². The summed E-state index contributed by atoms with van der Waals surface area (Å²) in [5.74, 6) is -0.407. The van der Waals surface area contributed by atoms with Gasteiger partial charge in [-0.15, -0.1) is 0 Å². The number of rotatable bonds is 4. The lowest BCUT2D eigenvalue weighted by atomic mass is 10.1. The maximum absolute atomic E-state index is 12.7. The lowest BCUT2D eigenvalue weighted by Crippen LogP contribution is -2.28.